The van der Waals surface area contributed by atoms with Gasteiger partial charge in [-0.25, -0.2) is 8.78 Å². The second-order valence-corrected chi connectivity index (χ2v) is 9.15. The molecule has 1 saturated carbocycles. The molecule has 4 rings (SSSR count). The van der Waals surface area contributed by atoms with Crippen molar-refractivity contribution in [3.63, 3.8) is 0 Å². The standard InChI is InChI=1S/C25H32F2N2O3/c1-16(30)29-23(11-17-9-21(26)13-22(27)10-17)24(31)14-28-25(6-7-25)20-4-2-3-18(12-20)19-5-8-32-15-19/h2-4,9-10,12-13,16,19,23-24,28-31H,5-8,11,14-15H2,1H3. The molecule has 4 unspecified atom stereocenters. The van der Waals surface area contributed by atoms with Crippen LogP contribution in [0.5, 0.6) is 0 Å². The number of aliphatic hydroxyl groups is 2. The minimum Gasteiger partial charge on any atom is -0.390 e. The lowest BCUT2D eigenvalue weighted by Crippen LogP contribution is -2.50. The second kappa shape index (κ2) is 9.93. The van der Waals surface area contributed by atoms with Crippen LogP contribution in [0, 0.1) is 11.6 Å². The summed E-state index contributed by atoms with van der Waals surface area (Å²) in [5.74, 6) is -0.886. The van der Waals surface area contributed by atoms with E-state index >= 15 is 0 Å². The molecule has 0 spiro atoms. The van der Waals surface area contributed by atoms with Gasteiger partial charge >= 0.3 is 0 Å². The third-order valence-electron chi connectivity index (χ3n) is 6.54. The molecule has 0 amide bonds. The average molecular weight is 447 g/mol. The summed E-state index contributed by atoms with van der Waals surface area (Å²) in [5, 5.41) is 27.1. The molecule has 1 aliphatic heterocycles. The quantitative estimate of drug-likeness (QED) is 0.423. The van der Waals surface area contributed by atoms with Crippen molar-refractivity contribution in [2.24, 2.45) is 0 Å². The fourth-order valence-corrected chi connectivity index (χ4v) is 4.62. The summed E-state index contributed by atoms with van der Waals surface area (Å²) >= 11 is 0. The molecular formula is C25H32F2N2O3. The molecule has 2 aliphatic rings. The molecule has 0 bridgehead atoms. The van der Waals surface area contributed by atoms with Gasteiger partial charge in [-0.05, 0) is 61.4 Å². The number of hydrogen-bond donors (Lipinski definition) is 4. The monoisotopic (exact) mass is 446 g/mol. The van der Waals surface area contributed by atoms with Crippen LogP contribution >= 0.6 is 0 Å². The number of hydrogen-bond acceptors (Lipinski definition) is 5. The molecule has 4 N–H and O–H groups in total. The van der Waals surface area contributed by atoms with Crippen molar-refractivity contribution in [1.82, 2.24) is 10.6 Å². The molecule has 0 radical (unpaired) electrons. The molecule has 1 saturated heterocycles. The summed E-state index contributed by atoms with van der Waals surface area (Å²) in [7, 11) is 0. The van der Waals surface area contributed by atoms with E-state index in [1.165, 1.54) is 23.3 Å². The molecule has 174 valence electrons. The van der Waals surface area contributed by atoms with Gasteiger partial charge in [-0.2, -0.15) is 0 Å². The van der Waals surface area contributed by atoms with Crippen molar-refractivity contribution >= 4 is 0 Å². The van der Waals surface area contributed by atoms with Crippen LogP contribution in [0.4, 0.5) is 8.78 Å². The normalized spacial score (nSPS) is 22.5. The summed E-state index contributed by atoms with van der Waals surface area (Å²) < 4.78 is 32.7. The van der Waals surface area contributed by atoms with Gasteiger partial charge in [-0.3, -0.25) is 5.32 Å². The van der Waals surface area contributed by atoms with E-state index < -0.39 is 30.0 Å². The number of ether oxygens (including phenoxy) is 1. The van der Waals surface area contributed by atoms with Crippen molar-refractivity contribution in [3.8, 4) is 0 Å². The molecule has 4 atom stereocenters. The Morgan fingerprint density at radius 1 is 1.12 bits per heavy atom. The molecule has 1 aliphatic carbocycles. The molecule has 1 heterocycles. The lowest BCUT2D eigenvalue weighted by Gasteiger charge is -2.28. The maximum atomic E-state index is 13.6. The molecular weight excluding hydrogens is 414 g/mol. The highest BCUT2D eigenvalue weighted by Gasteiger charge is 2.44. The van der Waals surface area contributed by atoms with Gasteiger partial charge in [-0.1, -0.05) is 24.3 Å². The van der Waals surface area contributed by atoms with Gasteiger partial charge in [0.05, 0.1) is 12.7 Å². The molecule has 0 aromatic heterocycles. The van der Waals surface area contributed by atoms with Gasteiger partial charge in [0.15, 0.2) is 0 Å². The largest absolute Gasteiger partial charge is 0.390 e. The first-order chi connectivity index (χ1) is 15.3. The van der Waals surface area contributed by atoms with Crippen molar-refractivity contribution < 1.29 is 23.7 Å². The third-order valence-corrected chi connectivity index (χ3v) is 6.54. The Hall–Kier alpha value is -1.90. The fraction of sp³-hybridized carbons (Fsp3) is 0.520. The molecule has 7 heteroatoms. The summed E-state index contributed by atoms with van der Waals surface area (Å²) in [6.45, 7) is 3.41. The summed E-state index contributed by atoms with van der Waals surface area (Å²) in [4.78, 5) is 0. The predicted octanol–water partition coefficient (Wildman–Crippen LogP) is 2.95. The number of rotatable bonds is 10. The maximum Gasteiger partial charge on any atom is 0.126 e. The first-order valence-electron chi connectivity index (χ1n) is 11.3. The number of aliphatic hydroxyl groups excluding tert-OH is 2. The van der Waals surface area contributed by atoms with Gasteiger partial charge in [0.25, 0.3) is 0 Å². The van der Waals surface area contributed by atoms with Crippen LogP contribution in [0.15, 0.2) is 42.5 Å². The summed E-state index contributed by atoms with van der Waals surface area (Å²) in [5.41, 5.74) is 2.75. The zero-order valence-corrected chi connectivity index (χ0v) is 18.4. The van der Waals surface area contributed by atoms with E-state index in [9.17, 15) is 19.0 Å². The number of nitrogens with one attached hydrogen (secondary N) is 2. The first-order valence-corrected chi connectivity index (χ1v) is 11.3. The Kier molecular flexibility index (Phi) is 7.22. The molecule has 5 nitrogen and oxygen atoms in total. The highest BCUT2D eigenvalue weighted by Crippen LogP contribution is 2.46. The lowest BCUT2D eigenvalue weighted by molar-refractivity contribution is 0.0711. The Morgan fingerprint density at radius 3 is 2.50 bits per heavy atom. The van der Waals surface area contributed by atoms with Gasteiger partial charge in [0.2, 0.25) is 0 Å². The number of benzene rings is 2. The molecule has 32 heavy (non-hydrogen) atoms. The SMILES string of the molecule is CC(O)NC(Cc1cc(F)cc(F)c1)C(O)CNC1(c2cccc(C3CCOC3)c2)CC1. The third kappa shape index (κ3) is 5.71. The Morgan fingerprint density at radius 2 is 1.88 bits per heavy atom. The highest BCUT2D eigenvalue weighted by molar-refractivity contribution is 5.35. The Bertz CT molecular complexity index is 894. The van der Waals surface area contributed by atoms with Gasteiger partial charge in [0.1, 0.15) is 17.9 Å². The second-order valence-electron chi connectivity index (χ2n) is 9.15. The van der Waals surface area contributed by atoms with Crippen LogP contribution in [0.2, 0.25) is 0 Å². The van der Waals surface area contributed by atoms with Crippen LogP contribution < -0.4 is 10.6 Å². The van der Waals surface area contributed by atoms with Crippen molar-refractivity contribution in [1.29, 1.82) is 0 Å². The highest BCUT2D eigenvalue weighted by atomic mass is 19.1. The van der Waals surface area contributed by atoms with Gasteiger partial charge in [0, 0.05) is 36.7 Å². The van der Waals surface area contributed by atoms with E-state index in [2.05, 4.69) is 34.9 Å². The zero-order chi connectivity index (χ0) is 22.7. The maximum absolute atomic E-state index is 13.6. The minimum atomic E-state index is -0.867. The van der Waals surface area contributed by atoms with Crippen molar-refractivity contribution in [3.05, 3.63) is 70.8 Å². The van der Waals surface area contributed by atoms with Crippen LogP contribution in [0.25, 0.3) is 0 Å². The van der Waals surface area contributed by atoms with Crippen molar-refractivity contribution in [2.45, 2.75) is 62.4 Å². The summed E-state index contributed by atoms with van der Waals surface area (Å²) in [6, 6.07) is 11.3. The average Bonchev–Trinajstić information content (AvgIpc) is 3.33. The van der Waals surface area contributed by atoms with E-state index in [1.54, 1.807) is 6.92 Å². The summed E-state index contributed by atoms with van der Waals surface area (Å²) in [6.07, 6.45) is 1.46. The zero-order valence-electron chi connectivity index (χ0n) is 18.4. The van der Waals surface area contributed by atoms with E-state index in [4.69, 9.17) is 4.74 Å². The van der Waals surface area contributed by atoms with Crippen LogP contribution in [0.3, 0.4) is 0 Å². The Labute approximate surface area is 187 Å². The van der Waals surface area contributed by atoms with Crippen LogP contribution in [-0.2, 0) is 16.7 Å². The van der Waals surface area contributed by atoms with Crippen molar-refractivity contribution in [2.75, 3.05) is 19.8 Å². The Balaban J connectivity index is 1.42. The predicted molar refractivity (Wildman–Crippen MR) is 118 cm³/mol. The molecule has 2 aromatic rings. The van der Waals surface area contributed by atoms with Gasteiger partial charge < -0.3 is 20.3 Å². The molecule has 2 fully saturated rings. The smallest absolute Gasteiger partial charge is 0.126 e. The van der Waals surface area contributed by atoms with E-state index in [1.807, 2.05) is 0 Å². The number of halogens is 2. The van der Waals surface area contributed by atoms with E-state index in [0.717, 1.165) is 38.5 Å². The van der Waals surface area contributed by atoms with Crippen LogP contribution in [0.1, 0.15) is 48.8 Å². The minimum absolute atomic E-state index is 0.170. The van der Waals surface area contributed by atoms with E-state index in [-0.39, 0.29) is 12.0 Å². The topological polar surface area (TPSA) is 73.8 Å². The van der Waals surface area contributed by atoms with Crippen LogP contribution in [-0.4, -0.2) is 48.3 Å². The fourth-order valence-electron chi connectivity index (χ4n) is 4.62. The van der Waals surface area contributed by atoms with E-state index in [0.29, 0.717) is 18.0 Å². The molecule has 2 aromatic carbocycles. The van der Waals surface area contributed by atoms with Gasteiger partial charge in [-0.15, -0.1) is 0 Å². The lowest BCUT2D eigenvalue weighted by atomic mass is 9.93. The first kappa shape index (κ1) is 23.3.